The molecule has 0 radical (unpaired) electrons. The van der Waals surface area contributed by atoms with Crippen LogP contribution in [0.3, 0.4) is 0 Å². The van der Waals surface area contributed by atoms with Gasteiger partial charge in [-0.3, -0.25) is 0 Å². The van der Waals surface area contributed by atoms with Crippen LogP contribution < -0.4 is 16.0 Å². The zero-order chi connectivity index (χ0) is 20.4. The van der Waals surface area contributed by atoms with E-state index < -0.39 is 17.8 Å². The number of ether oxygens (including phenoxy) is 1. The molecule has 0 saturated heterocycles. The predicted octanol–water partition coefficient (Wildman–Crippen LogP) is 3.27. The zero-order valence-corrected chi connectivity index (χ0v) is 16.9. The Morgan fingerprint density at radius 2 is 1.71 bits per heavy atom. The summed E-state index contributed by atoms with van der Waals surface area (Å²) in [4.78, 5) is 11.6. The van der Waals surface area contributed by atoms with Crippen LogP contribution in [0, 0.1) is 0 Å². The van der Waals surface area contributed by atoms with Gasteiger partial charge in [0, 0.05) is 31.9 Å². The minimum Gasteiger partial charge on any atom is -0.444 e. The summed E-state index contributed by atoms with van der Waals surface area (Å²) in [5.74, 6) is 0. The van der Waals surface area contributed by atoms with Crippen molar-refractivity contribution in [2.75, 3.05) is 18.4 Å². The maximum Gasteiger partial charge on any atom is 0.407 e. The summed E-state index contributed by atoms with van der Waals surface area (Å²) in [6.07, 6.45) is -1.21. The van der Waals surface area contributed by atoms with Gasteiger partial charge in [-0.2, -0.15) is 0 Å². The van der Waals surface area contributed by atoms with E-state index in [2.05, 4.69) is 34.1 Å². The highest BCUT2D eigenvalue weighted by Crippen LogP contribution is 2.12. The number of hydrogen-bond donors (Lipinski definition) is 4. The molecule has 6 nitrogen and oxygen atoms in total. The van der Waals surface area contributed by atoms with Gasteiger partial charge in [-0.15, -0.1) is 0 Å². The molecule has 1 amide bonds. The molecule has 152 valence electrons. The van der Waals surface area contributed by atoms with E-state index >= 15 is 0 Å². The average Bonchev–Trinajstić information content (AvgIpc) is 2.65. The Morgan fingerprint density at radius 3 is 2.43 bits per heavy atom. The Bertz CT molecular complexity index is 729. The second kappa shape index (κ2) is 10.7. The average molecular weight is 386 g/mol. The van der Waals surface area contributed by atoms with E-state index in [9.17, 15) is 9.90 Å². The summed E-state index contributed by atoms with van der Waals surface area (Å²) >= 11 is 0. The van der Waals surface area contributed by atoms with Crippen molar-refractivity contribution in [2.24, 2.45) is 0 Å². The highest BCUT2D eigenvalue weighted by Gasteiger charge is 2.16. The molecular weight excluding hydrogens is 354 g/mol. The van der Waals surface area contributed by atoms with Crippen molar-refractivity contribution in [3.63, 3.8) is 0 Å². The number of rotatable bonds is 9. The number of carbonyl (C=O) groups is 1. The van der Waals surface area contributed by atoms with Crippen LogP contribution >= 0.6 is 0 Å². The van der Waals surface area contributed by atoms with Crippen LogP contribution in [0.5, 0.6) is 0 Å². The Morgan fingerprint density at radius 1 is 1.00 bits per heavy atom. The summed E-state index contributed by atoms with van der Waals surface area (Å²) in [6, 6.07) is 18.4. The molecule has 0 aliphatic rings. The third-order valence-corrected chi connectivity index (χ3v) is 3.86. The van der Waals surface area contributed by atoms with E-state index in [-0.39, 0.29) is 6.54 Å². The van der Waals surface area contributed by atoms with E-state index in [0.29, 0.717) is 13.1 Å². The summed E-state index contributed by atoms with van der Waals surface area (Å²) in [5.41, 5.74) is 2.85. The molecule has 28 heavy (non-hydrogen) atoms. The number of carbonyl (C=O) groups excluding carboxylic acids is 1. The lowest BCUT2D eigenvalue weighted by atomic mass is 10.1. The number of amides is 1. The first-order valence-electron chi connectivity index (χ1n) is 9.54. The van der Waals surface area contributed by atoms with Gasteiger partial charge in [0.05, 0.1) is 6.10 Å². The van der Waals surface area contributed by atoms with Crippen LogP contribution in [0.15, 0.2) is 54.6 Å². The minimum absolute atomic E-state index is 0.139. The number of hydrogen-bond acceptors (Lipinski definition) is 5. The van der Waals surface area contributed by atoms with Crippen molar-refractivity contribution in [2.45, 2.75) is 45.6 Å². The zero-order valence-electron chi connectivity index (χ0n) is 16.9. The van der Waals surface area contributed by atoms with Gasteiger partial charge in [0.15, 0.2) is 0 Å². The van der Waals surface area contributed by atoms with Gasteiger partial charge in [0.25, 0.3) is 0 Å². The molecule has 2 rings (SSSR count). The molecule has 0 spiro atoms. The first kappa shape index (κ1) is 21.7. The van der Waals surface area contributed by atoms with Gasteiger partial charge in [-0.05, 0) is 44.0 Å². The van der Waals surface area contributed by atoms with Gasteiger partial charge in [0.2, 0.25) is 0 Å². The molecule has 0 bridgehead atoms. The molecule has 0 aromatic heterocycles. The Labute approximate surface area is 167 Å². The Hall–Kier alpha value is -2.57. The van der Waals surface area contributed by atoms with E-state index in [1.54, 1.807) is 20.8 Å². The summed E-state index contributed by atoms with van der Waals surface area (Å²) in [6.45, 7) is 7.31. The lowest BCUT2D eigenvalue weighted by molar-refractivity contribution is 0.0492. The van der Waals surface area contributed by atoms with E-state index in [1.165, 1.54) is 5.56 Å². The first-order chi connectivity index (χ1) is 13.3. The molecule has 0 heterocycles. The molecule has 0 aliphatic heterocycles. The first-order valence-corrected chi connectivity index (χ1v) is 9.54. The van der Waals surface area contributed by atoms with Crippen LogP contribution in [-0.4, -0.2) is 36.0 Å². The topological polar surface area (TPSA) is 82.6 Å². The second-order valence-corrected chi connectivity index (χ2v) is 7.71. The van der Waals surface area contributed by atoms with Gasteiger partial charge in [-0.25, -0.2) is 4.79 Å². The van der Waals surface area contributed by atoms with Crippen molar-refractivity contribution < 1.29 is 14.6 Å². The van der Waals surface area contributed by atoms with E-state index in [0.717, 1.165) is 17.8 Å². The highest BCUT2D eigenvalue weighted by atomic mass is 16.6. The summed E-state index contributed by atoms with van der Waals surface area (Å²) in [5, 5.41) is 19.2. The third-order valence-electron chi connectivity index (χ3n) is 3.86. The van der Waals surface area contributed by atoms with Crippen molar-refractivity contribution in [1.29, 1.82) is 0 Å². The standard InChI is InChI=1S/C22H31N3O3/c1-22(2,3)28-21(27)25-16-20(26)15-23-13-18-10-7-11-19(12-18)24-14-17-8-5-4-6-9-17/h4-12,20,23-24,26H,13-16H2,1-3H3,(H,25,27)/t20-/m1/s1. The minimum atomic E-state index is -0.688. The van der Waals surface area contributed by atoms with Gasteiger partial charge in [-0.1, -0.05) is 42.5 Å². The molecule has 2 aromatic rings. The maximum atomic E-state index is 11.6. The molecule has 0 unspecified atom stereocenters. The molecule has 0 saturated carbocycles. The van der Waals surface area contributed by atoms with Gasteiger partial charge < -0.3 is 25.8 Å². The van der Waals surface area contributed by atoms with Crippen molar-refractivity contribution in [1.82, 2.24) is 10.6 Å². The Kier molecular flexibility index (Phi) is 8.29. The lowest BCUT2D eigenvalue weighted by Crippen LogP contribution is -2.40. The van der Waals surface area contributed by atoms with Crippen molar-refractivity contribution >= 4 is 11.8 Å². The number of aliphatic hydroxyl groups is 1. The predicted molar refractivity (Wildman–Crippen MR) is 112 cm³/mol. The second-order valence-electron chi connectivity index (χ2n) is 7.71. The monoisotopic (exact) mass is 385 g/mol. The highest BCUT2D eigenvalue weighted by molar-refractivity contribution is 5.67. The van der Waals surface area contributed by atoms with Crippen molar-refractivity contribution in [3.05, 3.63) is 65.7 Å². The number of benzene rings is 2. The van der Waals surface area contributed by atoms with Crippen LogP contribution in [0.25, 0.3) is 0 Å². The van der Waals surface area contributed by atoms with Gasteiger partial charge in [0.1, 0.15) is 5.60 Å². The largest absolute Gasteiger partial charge is 0.444 e. The number of alkyl carbamates (subject to hydrolysis) is 1. The smallest absolute Gasteiger partial charge is 0.407 e. The normalized spacial score (nSPS) is 12.3. The maximum absolute atomic E-state index is 11.6. The molecular formula is C22H31N3O3. The molecule has 6 heteroatoms. The van der Waals surface area contributed by atoms with Crippen LogP contribution in [0.4, 0.5) is 10.5 Å². The van der Waals surface area contributed by atoms with Crippen LogP contribution in [0.2, 0.25) is 0 Å². The fourth-order valence-corrected chi connectivity index (χ4v) is 2.56. The van der Waals surface area contributed by atoms with Crippen molar-refractivity contribution in [3.8, 4) is 0 Å². The SMILES string of the molecule is CC(C)(C)OC(=O)NC[C@H](O)CNCc1cccc(NCc2ccccc2)c1. The molecule has 0 fully saturated rings. The molecule has 0 aliphatic carbocycles. The summed E-state index contributed by atoms with van der Waals surface area (Å²) in [7, 11) is 0. The lowest BCUT2D eigenvalue weighted by Gasteiger charge is -2.20. The quantitative estimate of drug-likeness (QED) is 0.533. The summed E-state index contributed by atoms with van der Waals surface area (Å²) < 4.78 is 5.14. The molecule has 1 atom stereocenters. The fourth-order valence-electron chi connectivity index (χ4n) is 2.56. The van der Waals surface area contributed by atoms with E-state index in [1.807, 2.05) is 36.4 Å². The number of aliphatic hydroxyl groups excluding tert-OH is 1. The molecule has 2 aromatic carbocycles. The number of anilines is 1. The van der Waals surface area contributed by atoms with Gasteiger partial charge >= 0.3 is 6.09 Å². The Balaban J connectivity index is 1.69. The number of nitrogens with one attached hydrogen (secondary N) is 3. The third kappa shape index (κ3) is 8.88. The fraction of sp³-hybridized carbons (Fsp3) is 0.409. The van der Waals surface area contributed by atoms with E-state index in [4.69, 9.17) is 4.74 Å². The van der Waals surface area contributed by atoms with Crippen LogP contribution in [0.1, 0.15) is 31.9 Å². The molecule has 4 N–H and O–H groups in total. The van der Waals surface area contributed by atoms with Crippen LogP contribution in [-0.2, 0) is 17.8 Å².